The maximum Gasteiger partial charge on any atom is 0.431 e. The van der Waals surface area contributed by atoms with Crippen LogP contribution in [0.4, 0.5) is 10.5 Å². The van der Waals surface area contributed by atoms with Crippen molar-refractivity contribution in [1.82, 2.24) is 5.48 Å². The lowest BCUT2D eigenvalue weighted by Crippen LogP contribution is -2.22. The van der Waals surface area contributed by atoms with Crippen molar-refractivity contribution in [2.24, 2.45) is 0 Å². The van der Waals surface area contributed by atoms with Gasteiger partial charge in [-0.1, -0.05) is 0 Å². The summed E-state index contributed by atoms with van der Waals surface area (Å²) in [4.78, 5) is 25.2. The summed E-state index contributed by atoms with van der Waals surface area (Å²) in [5.41, 5.74) is 2.72. The summed E-state index contributed by atoms with van der Waals surface area (Å²) < 4.78 is 4.27. The van der Waals surface area contributed by atoms with E-state index in [1.165, 1.54) is 31.4 Å². The number of nitrogens with one attached hydrogen (secondary N) is 1. The van der Waals surface area contributed by atoms with E-state index in [2.05, 4.69) is 4.74 Å². The zero-order valence-electron chi connectivity index (χ0n) is 8.50. The standard InChI is InChI=1S/C9H10N2O5/c1-15-9(12)10-16-6-7-2-4-8(5-3-7)11(13)14/h2-5H,6H2,1H3,(H,10,12). The van der Waals surface area contributed by atoms with Gasteiger partial charge in [-0.25, -0.2) is 4.79 Å². The van der Waals surface area contributed by atoms with Crippen molar-refractivity contribution >= 4 is 11.8 Å². The van der Waals surface area contributed by atoms with E-state index in [0.29, 0.717) is 5.56 Å². The fraction of sp³-hybridized carbons (Fsp3) is 0.222. The fourth-order valence-electron chi connectivity index (χ4n) is 0.934. The van der Waals surface area contributed by atoms with Crippen LogP contribution in [0.15, 0.2) is 24.3 Å². The predicted molar refractivity (Wildman–Crippen MR) is 53.4 cm³/mol. The summed E-state index contributed by atoms with van der Waals surface area (Å²) in [6.45, 7) is 0.104. The van der Waals surface area contributed by atoms with Crippen molar-refractivity contribution in [3.05, 3.63) is 39.9 Å². The lowest BCUT2D eigenvalue weighted by atomic mass is 10.2. The average Bonchev–Trinajstić information content (AvgIpc) is 2.29. The van der Waals surface area contributed by atoms with E-state index in [-0.39, 0.29) is 12.3 Å². The van der Waals surface area contributed by atoms with Gasteiger partial charge in [-0.15, -0.1) is 0 Å². The van der Waals surface area contributed by atoms with Gasteiger partial charge in [-0.3, -0.25) is 15.0 Å². The monoisotopic (exact) mass is 226 g/mol. The minimum atomic E-state index is -0.707. The van der Waals surface area contributed by atoms with Gasteiger partial charge in [0, 0.05) is 12.1 Å². The molecule has 0 unspecified atom stereocenters. The van der Waals surface area contributed by atoms with Gasteiger partial charge in [0.1, 0.15) is 0 Å². The Bertz CT molecular complexity index is 376. The van der Waals surface area contributed by atoms with Crippen molar-refractivity contribution in [3.8, 4) is 0 Å². The van der Waals surface area contributed by atoms with E-state index in [9.17, 15) is 14.9 Å². The number of ether oxygens (including phenoxy) is 1. The van der Waals surface area contributed by atoms with Gasteiger partial charge in [0.2, 0.25) is 0 Å². The second kappa shape index (κ2) is 5.66. The molecule has 1 aromatic rings. The molecule has 0 spiro atoms. The zero-order valence-corrected chi connectivity index (χ0v) is 8.50. The summed E-state index contributed by atoms with van der Waals surface area (Å²) in [7, 11) is 1.21. The quantitative estimate of drug-likeness (QED) is 0.618. The number of hydrogen-bond acceptors (Lipinski definition) is 5. The van der Waals surface area contributed by atoms with Crippen LogP contribution in [0.3, 0.4) is 0 Å². The average molecular weight is 226 g/mol. The molecule has 1 amide bonds. The van der Waals surface area contributed by atoms with E-state index in [1.54, 1.807) is 0 Å². The van der Waals surface area contributed by atoms with Crippen LogP contribution in [0.2, 0.25) is 0 Å². The molecular weight excluding hydrogens is 216 g/mol. The van der Waals surface area contributed by atoms with Gasteiger partial charge >= 0.3 is 6.09 Å². The van der Waals surface area contributed by atoms with Crippen molar-refractivity contribution in [3.63, 3.8) is 0 Å². The zero-order chi connectivity index (χ0) is 12.0. The number of nitro groups is 1. The van der Waals surface area contributed by atoms with Crippen LogP contribution in [0, 0.1) is 10.1 Å². The van der Waals surface area contributed by atoms with Gasteiger partial charge in [0.25, 0.3) is 5.69 Å². The van der Waals surface area contributed by atoms with Crippen molar-refractivity contribution < 1.29 is 19.3 Å². The molecule has 0 radical (unpaired) electrons. The van der Waals surface area contributed by atoms with Gasteiger partial charge in [-0.05, 0) is 17.7 Å². The minimum absolute atomic E-state index is 0.00433. The van der Waals surface area contributed by atoms with Crippen LogP contribution in [0.1, 0.15) is 5.56 Å². The summed E-state index contributed by atoms with van der Waals surface area (Å²) in [5, 5.41) is 10.4. The van der Waals surface area contributed by atoms with E-state index >= 15 is 0 Å². The van der Waals surface area contributed by atoms with E-state index in [4.69, 9.17) is 4.84 Å². The number of rotatable bonds is 4. The molecule has 7 nitrogen and oxygen atoms in total. The molecule has 0 aromatic heterocycles. The molecular formula is C9H10N2O5. The van der Waals surface area contributed by atoms with Crippen LogP contribution in [0.5, 0.6) is 0 Å². The fourth-order valence-corrected chi connectivity index (χ4v) is 0.934. The Morgan fingerprint density at radius 1 is 1.44 bits per heavy atom. The van der Waals surface area contributed by atoms with E-state index in [1.807, 2.05) is 5.48 Å². The predicted octanol–water partition coefficient (Wildman–Crippen LogP) is 1.38. The number of nitrogens with zero attached hydrogens (tertiary/aromatic N) is 1. The molecule has 1 rings (SSSR count). The Kier molecular flexibility index (Phi) is 4.22. The molecule has 0 aliphatic carbocycles. The number of hydrogen-bond donors (Lipinski definition) is 1. The lowest BCUT2D eigenvalue weighted by molar-refractivity contribution is -0.384. The third-order valence-electron chi connectivity index (χ3n) is 1.73. The maximum atomic E-state index is 10.6. The van der Waals surface area contributed by atoms with Crippen LogP contribution in [0.25, 0.3) is 0 Å². The highest BCUT2D eigenvalue weighted by atomic mass is 16.7. The molecule has 0 saturated carbocycles. The molecule has 0 fully saturated rings. The second-order valence-corrected chi connectivity index (χ2v) is 2.81. The highest BCUT2D eigenvalue weighted by molar-refractivity contribution is 5.65. The highest BCUT2D eigenvalue weighted by Crippen LogP contribution is 2.12. The molecule has 86 valence electrons. The molecule has 16 heavy (non-hydrogen) atoms. The van der Waals surface area contributed by atoms with Gasteiger partial charge in [0.15, 0.2) is 0 Å². The number of carbonyl (C=O) groups excluding carboxylic acids is 1. The number of methoxy groups -OCH3 is 1. The number of hydroxylamine groups is 1. The Morgan fingerprint density at radius 3 is 2.56 bits per heavy atom. The summed E-state index contributed by atoms with van der Waals surface area (Å²) in [6.07, 6.45) is -0.707. The number of amides is 1. The van der Waals surface area contributed by atoms with Crippen molar-refractivity contribution in [2.75, 3.05) is 7.11 Å². The normalized spacial score (nSPS) is 9.56. The van der Waals surface area contributed by atoms with E-state index in [0.717, 1.165) is 0 Å². The maximum absolute atomic E-state index is 10.6. The summed E-state index contributed by atoms with van der Waals surface area (Å²) in [6, 6.07) is 5.79. The first kappa shape index (κ1) is 11.9. The Balaban J connectivity index is 2.43. The SMILES string of the molecule is COC(=O)NOCc1ccc([N+](=O)[O-])cc1. The third kappa shape index (κ3) is 3.54. The molecule has 7 heteroatoms. The molecule has 0 atom stereocenters. The van der Waals surface area contributed by atoms with Gasteiger partial charge in [-0.2, -0.15) is 5.48 Å². The molecule has 1 N–H and O–H groups in total. The third-order valence-corrected chi connectivity index (χ3v) is 1.73. The Hall–Kier alpha value is -2.15. The first-order chi connectivity index (χ1) is 7.63. The topological polar surface area (TPSA) is 90.7 Å². The second-order valence-electron chi connectivity index (χ2n) is 2.81. The first-order valence-corrected chi connectivity index (χ1v) is 4.32. The van der Waals surface area contributed by atoms with Gasteiger partial charge in [0.05, 0.1) is 18.6 Å². The number of benzene rings is 1. The number of nitro benzene ring substituents is 1. The minimum Gasteiger partial charge on any atom is -0.451 e. The summed E-state index contributed by atoms with van der Waals surface area (Å²) in [5.74, 6) is 0. The highest BCUT2D eigenvalue weighted by Gasteiger charge is 2.04. The Labute approximate surface area is 91.1 Å². The molecule has 0 bridgehead atoms. The molecule has 0 heterocycles. The smallest absolute Gasteiger partial charge is 0.431 e. The van der Waals surface area contributed by atoms with Crippen LogP contribution in [-0.2, 0) is 16.2 Å². The molecule has 1 aromatic carbocycles. The summed E-state index contributed by atoms with van der Waals surface area (Å²) >= 11 is 0. The molecule has 0 aliphatic heterocycles. The van der Waals surface area contributed by atoms with Crippen molar-refractivity contribution in [2.45, 2.75) is 6.61 Å². The van der Waals surface area contributed by atoms with E-state index < -0.39 is 11.0 Å². The number of non-ortho nitro benzene ring substituents is 1. The van der Waals surface area contributed by atoms with Crippen LogP contribution >= 0.6 is 0 Å². The number of carbonyl (C=O) groups is 1. The Morgan fingerprint density at radius 2 is 2.06 bits per heavy atom. The molecule has 0 saturated heterocycles. The molecule has 0 aliphatic rings. The van der Waals surface area contributed by atoms with Crippen LogP contribution in [-0.4, -0.2) is 18.1 Å². The largest absolute Gasteiger partial charge is 0.451 e. The van der Waals surface area contributed by atoms with Gasteiger partial charge < -0.3 is 4.74 Å². The van der Waals surface area contributed by atoms with Crippen LogP contribution < -0.4 is 5.48 Å². The first-order valence-electron chi connectivity index (χ1n) is 4.32. The van der Waals surface area contributed by atoms with Crippen molar-refractivity contribution in [1.29, 1.82) is 0 Å². The lowest BCUT2D eigenvalue weighted by Gasteiger charge is -2.03.